The molecule has 1 amide bonds. The Bertz CT molecular complexity index is 1290. The number of aromatic amines is 1. The fraction of sp³-hybridized carbons (Fsp3) is 0.500. The minimum Gasteiger partial charge on any atom is -0.392 e. The molecule has 5 rings (SSSR count). The molecule has 4 heterocycles. The van der Waals surface area contributed by atoms with Gasteiger partial charge in [0.15, 0.2) is 0 Å². The highest BCUT2D eigenvalue weighted by molar-refractivity contribution is 5.92. The van der Waals surface area contributed by atoms with E-state index in [0.717, 1.165) is 48.3 Å². The summed E-state index contributed by atoms with van der Waals surface area (Å²) in [5.74, 6) is 0.865. The van der Waals surface area contributed by atoms with Gasteiger partial charge in [-0.15, -0.1) is 0 Å². The molecule has 7 heteroatoms. The van der Waals surface area contributed by atoms with E-state index in [4.69, 9.17) is 0 Å². The SMILES string of the molecule is Cc1cc(-c2[nH]c3ccc(C4CCN(C(=O)[C@@H]5C[C@@H](O)CN5)CC4)cc3c2C(C)C)cn(C)c1=O. The van der Waals surface area contributed by atoms with Crippen LogP contribution in [0, 0.1) is 6.92 Å². The Morgan fingerprint density at radius 2 is 1.91 bits per heavy atom. The van der Waals surface area contributed by atoms with Crippen molar-refractivity contribution >= 4 is 16.8 Å². The van der Waals surface area contributed by atoms with Gasteiger partial charge in [-0.25, -0.2) is 0 Å². The number of pyridine rings is 1. The number of β-amino-alcohol motifs (C(OH)–C–C–N with tert-alkyl or cyclic N) is 1. The number of hydrogen-bond donors (Lipinski definition) is 3. The smallest absolute Gasteiger partial charge is 0.253 e. The minimum absolute atomic E-state index is 0.0305. The number of rotatable bonds is 4. The number of hydrogen-bond acceptors (Lipinski definition) is 4. The molecule has 7 nitrogen and oxygen atoms in total. The third-order valence-electron chi connectivity index (χ3n) is 7.78. The number of carbonyl (C=O) groups excluding carboxylic acids is 1. The number of benzene rings is 1. The first-order chi connectivity index (χ1) is 16.7. The standard InChI is InChI=1S/C28H36N4O3/c1-16(2)25-22-12-19(18-7-9-32(10-8-18)28(35)24-13-21(33)14-29-24)5-6-23(22)30-26(25)20-11-17(3)27(34)31(4)15-20/h5-6,11-12,15-16,18,21,24,29-30,33H,7-10,13-14H2,1-4H3/t21-,24+/m1/s1. The van der Waals surface area contributed by atoms with Gasteiger partial charge in [-0.3, -0.25) is 9.59 Å². The van der Waals surface area contributed by atoms with E-state index in [1.807, 2.05) is 24.1 Å². The molecule has 0 spiro atoms. The first-order valence-corrected chi connectivity index (χ1v) is 12.8. The van der Waals surface area contributed by atoms with E-state index in [1.54, 1.807) is 11.6 Å². The van der Waals surface area contributed by atoms with Crippen molar-refractivity contribution in [1.82, 2.24) is 19.8 Å². The first-order valence-electron chi connectivity index (χ1n) is 12.8. The van der Waals surface area contributed by atoms with Gasteiger partial charge in [0, 0.05) is 54.9 Å². The van der Waals surface area contributed by atoms with E-state index in [1.165, 1.54) is 16.5 Å². The van der Waals surface area contributed by atoms with Gasteiger partial charge in [0.2, 0.25) is 5.91 Å². The molecule has 1 aromatic carbocycles. The Hall–Kier alpha value is -2.90. The van der Waals surface area contributed by atoms with E-state index in [9.17, 15) is 14.7 Å². The third kappa shape index (κ3) is 4.43. The lowest BCUT2D eigenvalue weighted by Crippen LogP contribution is -2.46. The number of fused-ring (bicyclic) bond motifs is 1. The molecule has 0 aliphatic carbocycles. The van der Waals surface area contributed by atoms with Gasteiger partial charge in [-0.05, 0) is 67.3 Å². The molecule has 2 aliphatic heterocycles. The van der Waals surface area contributed by atoms with Crippen molar-refractivity contribution < 1.29 is 9.90 Å². The monoisotopic (exact) mass is 476 g/mol. The molecule has 2 saturated heterocycles. The lowest BCUT2D eigenvalue weighted by molar-refractivity contribution is -0.134. The van der Waals surface area contributed by atoms with Crippen molar-refractivity contribution in [3.8, 4) is 11.3 Å². The maximum Gasteiger partial charge on any atom is 0.253 e. The van der Waals surface area contributed by atoms with Crippen LogP contribution in [0.15, 0.2) is 35.3 Å². The number of aromatic nitrogens is 2. The van der Waals surface area contributed by atoms with Crippen LogP contribution in [-0.4, -0.2) is 57.2 Å². The fourth-order valence-corrected chi connectivity index (χ4v) is 5.88. The van der Waals surface area contributed by atoms with E-state index < -0.39 is 6.10 Å². The molecule has 2 fully saturated rings. The van der Waals surface area contributed by atoms with Gasteiger partial charge in [0.05, 0.1) is 17.8 Å². The number of H-pyrrole nitrogens is 1. The van der Waals surface area contributed by atoms with Crippen molar-refractivity contribution in [1.29, 1.82) is 0 Å². The summed E-state index contributed by atoms with van der Waals surface area (Å²) in [7, 11) is 1.80. The Balaban J connectivity index is 1.41. The van der Waals surface area contributed by atoms with Gasteiger partial charge in [-0.2, -0.15) is 0 Å². The molecule has 35 heavy (non-hydrogen) atoms. The van der Waals surface area contributed by atoms with Gasteiger partial charge >= 0.3 is 0 Å². The molecule has 186 valence electrons. The molecule has 3 aromatic rings. The lowest BCUT2D eigenvalue weighted by Gasteiger charge is -2.34. The van der Waals surface area contributed by atoms with Crippen molar-refractivity contribution in [3.05, 3.63) is 57.5 Å². The molecule has 3 N–H and O–H groups in total. The zero-order chi connectivity index (χ0) is 24.9. The van der Waals surface area contributed by atoms with Crippen molar-refractivity contribution in [2.45, 2.75) is 64.0 Å². The van der Waals surface area contributed by atoms with Crippen LogP contribution in [0.2, 0.25) is 0 Å². The lowest BCUT2D eigenvalue weighted by atomic mass is 9.87. The Labute approximate surface area is 206 Å². The molecule has 2 aromatic heterocycles. The third-order valence-corrected chi connectivity index (χ3v) is 7.78. The van der Waals surface area contributed by atoms with Crippen LogP contribution in [0.1, 0.15) is 61.6 Å². The fourth-order valence-electron chi connectivity index (χ4n) is 5.88. The van der Waals surface area contributed by atoms with Crippen molar-refractivity contribution in [3.63, 3.8) is 0 Å². The summed E-state index contributed by atoms with van der Waals surface area (Å²) in [5.41, 5.74) is 6.59. The highest BCUT2D eigenvalue weighted by Gasteiger charge is 2.33. The van der Waals surface area contributed by atoms with Crippen LogP contribution in [0.25, 0.3) is 22.2 Å². The predicted octanol–water partition coefficient (Wildman–Crippen LogP) is 3.39. The molecule has 0 unspecified atom stereocenters. The van der Waals surface area contributed by atoms with E-state index in [2.05, 4.69) is 42.3 Å². The number of aliphatic hydroxyl groups is 1. The van der Waals surface area contributed by atoms with Crippen LogP contribution in [0.4, 0.5) is 0 Å². The number of likely N-dealkylation sites (tertiary alicyclic amines) is 1. The highest BCUT2D eigenvalue weighted by Crippen LogP contribution is 2.38. The summed E-state index contributed by atoms with van der Waals surface area (Å²) < 4.78 is 1.66. The average molecular weight is 477 g/mol. The van der Waals surface area contributed by atoms with E-state index >= 15 is 0 Å². The molecular weight excluding hydrogens is 440 g/mol. The minimum atomic E-state index is -0.417. The highest BCUT2D eigenvalue weighted by atomic mass is 16.3. The summed E-state index contributed by atoms with van der Waals surface area (Å²) >= 11 is 0. The Morgan fingerprint density at radius 1 is 1.17 bits per heavy atom. The molecular formula is C28H36N4O3. The van der Waals surface area contributed by atoms with Crippen LogP contribution in [-0.2, 0) is 11.8 Å². The maximum atomic E-state index is 12.8. The van der Waals surface area contributed by atoms with Gasteiger partial charge in [-0.1, -0.05) is 19.9 Å². The summed E-state index contributed by atoms with van der Waals surface area (Å²) in [6, 6.07) is 8.46. The zero-order valence-electron chi connectivity index (χ0n) is 21.1. The molecule has 0 bridgehead atoms. The van der Waals surface area contributed by atoms with Crippen molar-refractivity contribution in [2.75, 3.05) is 19.6 Å². The number of carbonyl (C=O) groups is 1. The number of nitrogens with one attached hydrogen (secondary N) is 2. The Kier molecular flexibility index (Phi) is 6.32. The predicted molar refractivity (Wildman–Crippen MR) is 139 cm³/mol. The largest absolute Gasteiger partial charge is 0.392 e. The van der Waals surface area contributed by atoms with Gasteiger partial charge in [0.25, 0.3) is 5.56 Å². The van der Waals surface area contributed by atoms with E-state index in [-0.39, 0.29) is 17.5 Å². The molecule has 2 atom stereocenters. The first kappa shape index (κ1) is 23.8. The van der Waals surface area contributed by atoms with Crippen LogP contribution in [0.3, 0.4) is 0 Å². The number of nitrogens with zero attached hydrogens (tertiary/aromatic N) is 2. The average Bonchev–Trinajstić information content (AvgIpc) is 3.45. The number of piperidine rings is 1. The van der Waals surface area contributed by atoms with E-state index in [0.29, 0.717) is 24.8 Å². The van der Waals surface area contributed by atoms with Crippen molar-refractivity contribution in [2.24, 2.45) is 7.05 Å². The maximum absolute atomic E-state index is 12.8. The zero-order valence-corrected chi connectivity index (χ0v) is 21.1. The normalized spacial score (nSPS) is 21.4. The van der Waals surface area contributed by atoms with Gasteiger partial charge < -0.3 is 24.9 Å². The number of aliphatic hydroxyl groups excluding tert-OH is 1. The van der Waals surface area contributed by atoms with Crippen LogP contribution in [0.5, 0.6) is 0 Å². The molecule has 0 saturated carbocycles. The second-order valence-corrected chi connectivity index (χ2v) is 10.7. The number of aryl methyl sites for hydroxylation is 2. The summed E-state index contributed by atoms with van der Waals surface area (Å²) in [5, 5.41) is 14.1. The second-order valence-electron chi connectivity index (χ2n) is 10.7. The molecule has 2 aliphatic rings. The number of amides is 1. The quantitative estimate of drug-likeness (QED) is 0.538. The molecule has 0 radical (unpaired) electrons. The topological polar surface area (TPSA) is 90.4 Å². The summed E-state index contributed by atoms with van der Waals surface area (Å²) in [6.45, 7) is 8.30. The Morgan fingerprint density at radius 3 is 2.54 bits per heavy atom. The van der Waals surface area contributed by atoms with Crippen LogP contribution < -0.4 is 10.9 Å². The summed E-state index contributed by atoms with van der Waals surface area (Å²) in [4.78, 5) is 30.6. The van der Waals surface area contributed by atoms with Gasteiger partial charge in [0.1, 0.15) is 0 Å². The van der Waals surface area contributed by atoms with Crippen LogP contribution >= 0.6 is 0 Å². The second kappa shape index (κ2) is 9.28. The summed E-state index contributed by atoms with van der Waals surface area (Å²) in [6.07, 6.45) is 3.90.